The fourth-order valence-corrected chi connectivity index (χ4v) is 2.96. The van der Waals surface area contributed by atoms with E-state index in [0.29, 0.717) is 12.3 Å². The van der Waals surface area contributed by atoms with Gasteiger partial charge in [0, 0.05) is 0 Å². The topological polar surface area (TPSA) is 29.5 Å². The van der Waals surface area contributed by atoms with Gasteiger partial charge in [0.2, 0.25) is 5.91 Å². The Morgan fingerprint density at radius 1 is 1.53 bits per heavy atom. The lowest BCUT2D eigenvalue weighted by Gasteiger charge is -2.21. The molecule has 88 valence electrons. The molecule has 1 aliphatic rings. The van der Waals surface area contributed by atoms with Gasteiger partial charge >= 0.3 is 0 Å². The Morgan fingerprint density at radius 3 is 2.82 bits per heavy atom. The smallest absolute Gasteiger partial charge is 0.234 e. The van der Waals surface area contributed by atoms with E-state index in [4.69, 9.17) is 11.2 Å². The molecule has 0 N–H and O–H groups in total. The maximum atomic E-state index is 11.7. The van der Waals surface area contributed by atoms with Crippen molar-refractivity contribution in [1.29, 1.82) is 0 Å². The maximum Gasteiger partial charge on any atom is 0.234 e. The molecule has 1 amide bonds. The number of methoxy groups -OCH3 is 1. The van der Waals surface area contributed by atoms with Gasteiger partial charge in [-0.1, -0.05) is 18.1 Å². The van der Waals surface area contributed by atoms with Gasteiger partial charge in [-0.15, -0.1) is 18.2 Å². The van der Waals surface area contributed by atoms with E-state index in [-0.39, 0.29) is 11.3 Å². The molecule has 1 saturated heterocycles. The molecule has 0 aliphatic carbocycles. The number of rotatable bonds is 3. The Bertz CT molecular complexity index is 449. The normalized spacial score (nSPS) is 19.2. The second kappa shape index (κ2) is 5.15. The average Bonchev–Trinajstić information content (AvgIpc) is 2.72. The number of terminal acetylenes is 1. The first kappa shape index (κ1) is 11.9. The van der Waals surface area contributed by atoms with E-state index in [9.17, 15) is 4.79 Å². The minimum atomic E-state index is 0.0319. The van der Waals surface area contributed by atoms with Crippen LogP contribution in [0.1, 0.15) is 10.9 Å². The van der Waals surface area contributed by atoms with Gasteiger partial charge in [0.15, 0.2) is 0 Å². The van der Waals surface area contributed by atoms with E-state index < -0.39 is 0 Å². The van der Waals surface area contributed by atoms with Crippen molar-refractivity contribution < 1.29 is 9.53 Å². The molecule has 1 aromatic carbocycles. The summed E-state index contributed by atoms with van der Waals surface area (Å²) in [6.45, 7) is 0.364. The van der Waals surface area contributed by atoms with Crippen LogP contribution < -0.4 is 4.74 Å². The predicted molar refractivity (Wildman–Crippen MR) is 68.7 cm³/mol. The molecule has 1 fully saturated rings. The molecule has 4 heteroatoms. The molecule has 1 aliphatic heterocycles. The van der Waals surface area contributed by atoms with Gasteiger partial charge in [-0.25, -0.2) is 0 Å². The van der Waals surface area contributed by atoms with E-state index in [0.717, 1.165) is 11.3 Å². The molecule has 0 bridgehead atoms. The van der Waals surface area contributed by atoms with E-state index in [1.807, 2.05) is 24.3 Å². The van der Waals surface area contributed by atoms with Crippen LogP contribution in [0.5, 0.6) is 5.75 Å². The Morgan fingerprint density at radius 2 is 2.24 bits per heavy atom. The Hall–Kier alpha value is -1.60. The molecule has 1 heterocycles. The zero-order valence-electron chi connectivity index (χ0n) is 9.55. The summed E-state index contributed by atoms with van der Waals surface area (Å²) in [6.07, 6.45) is 5.28. The summed E-state index contributed by atoms with van der Waals surface area (Å²) < 4.78 is 5.11. The van der Waals surface area contributed by atoms with Crippen LogP contribution in [0.3, 0.4) is 0 Å². The number of amides is 1. The molecule has 1 unspecified atom stereocenters. The van der Waals surface area contributed by atoms with E-state index in [1.54, 1.807) is 23.8 Å². The van der Waals surface area contributed by atoms with E-state index >= 15 is 0 Å². The van der Waals surface area contributed by atoms with Crippen molar-refractivity contribution in [3.63, 3.8) is 0 Å². The standard InChI is InChI=1S/C13H13NO2S/c1-3-8-14-12(15)9-17-13(14)10-4-6-11(16-2)7-5-10/h1,4-7,13H,8-9H2,2H3. The van der Waals surface area contributed by atoms with Gasteiger partial charge in [0.25, 0.3) is 0 Å². The molecule has 1 atom stereocenters. The number of thioether (sulfide) groups is 1. The second-order valence-electron chi connectivity index (χ2n) is 3.66. The minimum Gasteiger partial charge on any atom is -0.497 e. The van der Waals surface area contributed by atoms with Crippen LogP contribution in [0.15, 0.2) is 24.3 Å². The summed E-state index contributed by atoms with van der Waals surface area (Å²) in [5, 5.41) is 0.0319. The summed E-state index contributed by atoms with van der Waals surface area (Å²) in [6, 6.07) is 7.73. The Labute approximate surface area is 105 Å². The second-order valence-corrected chi connectivity index (χ2v) is 4.73. The van der Waals surface area contributed by atoms with Crippen LogP contribution in [-0.4, -0.2) is 30.2 Å². The van der Waals surface area contributed by atoms with Crippen molar-refractivity contribution in [3.8, 4) is 18.1 Å². The lowest BCUT2D eigenvalue weighted by Crippen LogP contribution is -2.28. The molecule has 0 saturated carbocycles. The van der Waals surface area contributed by atoms with Gasteiger partial charge in [-0.2, -0.15) is 0 Å². The van der Waals surface area contributed by atoms with Crippen LogP contribution >= 0.6 is 11.8 Å². The molecule has 3 nitrogen and oxygen atoms in total. The summed E-state index contributed by atoms with van der Waals surface area (Å²) in [5.41, 5.74) is 1.08. The average molecular weight is 247 g/mol. The fraction of sp³-hybridized carbons (Fsp3) is 0.308. The van der Waals surface area contributed by atoms with Gasteiger partial charge in [-0.05, 0) is 17.7 Å². The molecule has 17 heavy (non-hydrogen) atoms. The van der Waals surface area contributed by atoms with Crippen LogP contribution in [0.2, 0.25) is 0 Å². The van der Waals surface area contributed by atoms with Crippen molar-refractivity contribution in [2.45, 2.75) is 5.37 Å². The van der Waals surface area contributed by atoms with Gasteiger partial charge in [0.1, 0.15) is 11.1 Å². The van der Waals surface area contributed by atoms with Crippen molar-refractivity contribution in [2.24, 2.45) is 0 Å². The first-order chi connectivity index (χ1) is 8.26. The highest BCUT2D eigenvalue weighted by atomic mass is 32.2. The third-order valence-corrected chi connectivity index (χ3v) is 3.89. The maximum absolute atomic E-state index is 11.7. The number of hydrogen-bond donors (Lipinski definition) is 0. The molecule has 0 radical (unpaired) electrons. The van der Waals surface area contributed by atoms with Crippen molar-refractivity contribution >= 4 is 17.7 Å². The summed E-state index contributed by atoms with van der Waals surface area (Å²) in [4.78, 5) is 13.4. The van der Waals surface area contributed by atoms with Crippen LogP contribution in [0.25, 0.3) is 0 Å². The number of benzene rings is 1. The van der Waals surface area contributed by atoms with Crippen LogP contribution in [-0.2, 0) is 4.79 Å². The molecule has 1 aromatic rings. The third-order valence-electron chi connectivity index (χ3n) is 2.63. The summed E-state index contributed by atoms with van der Waals surface area (Å²) in [7, 11) is 1.63. The largest absolute Gasteiger partial charge is 0.497 e. The van der Waals surface area contributed by atoms with E-state index in [2.05, 4.69) is 5.92 Å². The third kappa shape index (κ3) is 2.40. The van der Waals surface area contributed by atoms with Crippen molar-refractivity contribution in [3.05, 3.63) is 29.8 Å². The van der Waals surface area contributed by atoms with E-state index in [1.165, 1.54) is 0 Å². The zero-order chi connectivity index (χ0) is 12.3. The number of carbonyl (C=O) groups excluding carboxylic acids is 1. The van der Waals surface area contributed by atoms with Crippen LogP contribution in [0.4, 0.5) is 0 Å². The Balaban J connectivity index is 2.20. The monoisotopic (exact) mass is 247 g/mol. The molecule has 2 rings (SSSR count). The highest BCUT2D eigenvalue weighted by molar-refractivity contribution is 8.00. The zero-order valence-corrected chi connectivity index (χ0v) is 10.4. The highest BCUT2D eigenvalue weighted by Crippen LogP contribution is 2.38. The van der Waals surface area contributed by atoms with Crippen molar-refractivity contribution in [1.82, 2.24) is 4.90 Å². The van der Waals surface area contributed by atoms with Crippen molar-refractivity contribution in [2.75, 3.05) is 19.4 Å². The number of hydrogen-bond acceptors (Lipinski definition) is 3. The van der Waals surface area contributed by atoms with Gasteiger partial charge < -0.3 is 9.64 Å². The van der Waals surface area contributed by atoms with Gasteiger partial charge in [-0.3, -0.25) is 4.79 Å². The first-order valence-corrected chi connectivity index (χ1v) is 6.29. The lowest BCUT2D eigenvalue weighted by molar-refractivity contribution is -0.127. The lowest BCUT2D eigenvalue weighted by atomic mass is 10.2. The molecular weight excluding hydrogens is 234 g/mol. The SMILES string of the molecule is C#CCN1C(=O)CSC1c1ccc(OC)cc1. The summed E-state index contributed by atoms with van der Waals surface area (Å²) in [5.74, 6) is 3.94. The van der Waals surface area contributed by atoms with Crippen LogP contribution in [0, 0.1) is 12.3 Å². The molecule has 0 spiro atoms. The number of nitrogens with zero attached hydrogens (tertiary/aromatic N) is 1. The first-order valence-electron chi connectivity index (χ1n) is 5.24. The Kier molecular flexibility index (Phi) is 3.60. The summed E-state index contributed by atoms with van der Waals surface area (Å²) >= 11 is 1.61. The predicted octanol–water partition coefficient (Wildman–Crippen LogP) is 1.90. The molecular formula is C13H13NO2S. The quantitative estimate of drug-likeness (QED) is 0.764. The molecule has 0 aromatic heterocycles. The minimum absolute atomic E-state index is 0.0319. The fourth-order valence-electron chi connectivity index (χ4n) is 1.77. The number of carbonyl (C=O) groups is 1. The van der Waals surface area contributed by atoms with Gasteiger partial charge in [0.05, 0.1) is 19.4 Å². The highest BCUT2D eigenvalue weighted by Gasteiger charge is 2.31. The number of ether oxygens (including phenoxy) is 1.